The highest BCUT2D eigenvalue weighted by atomic mass is 35.5. The lowest BCUT2D eigenvalue weighted by molar-refractivity contribution is 0.588. The van der Waals surface area contributed by atoms with E-state index in [0.717, 1.165) is 27.4 Å². The highest BCUT2D eigenvalue weighted by Crippen LogP contribution is 2.30. The summed E-state index contributed by atoms with van der Waals surface area (Å²) in [5.41, 5.74) is 6.18. The van der Waals surface area contributed by atoms with Crippen LogP contribution in [-0.4, -0.2) is 13.4 Å². The number of hydrogen-bond donors (Lipinski definition) is 2. The topological polar surface area (TPSA) is 71.1 Å². The molecule has 0 aliphatic carbocycles. The molecule has 0 amide bonds. The van der Waals surface area contributed by atoms with Gasteiger partial charge < -0.3 is 5.43 Å². The average molecular weight is 400 g/mol. The maximum Gasteiger partial charge on any atom is 0.257 e. The van der Waals surface area contributed by atoms with Crippen LogP contribution in [-0.2, 0) is 10.0 Å². The van der Waals surface area contributed by atoms with Gasteiger partial charge in [0.15, 0.2) is 0 Å². The van der Waals surface area contributed by atoms with E-state index in [-0.39, 0.29) is 17.3 Å². The summed E-state index contributed by atoms with van der Waals surface area (Å²) in [5, 5.41) is 1.69. The molecule has 27 heavy (non-hydrogen) atoms. The minimum atomic E-state index is -3.69. The molecule has 0 fully saturated rings. The third-order valence-corrected chi connectivity index (χ3v) is 5.49. The number of aromatic nitrogens is 1. The lowest BCUT2D eigenvalue weighted by atomic mass is 10.1. The van der Waals surface area contributed by atoms with Gasteiger partial charge in [0.1, 0.15) is 0 Å². The Morgan fingerprint density at radius 1 is 0.778 bits per heavy atom. The van der Waals surface area contributed by atoms with E-state index >= 15 is 0 Å². The maximum atomic E-state index is 12.6. The van der Waals surface area contributed by atoms with Gasteiger partial charge in [0.25, 0.3) is 10.0 Å². The Hall–Kier alpha value is -2.67. The number of sulfonamides is 1. The molecule has 1 aromatic heterocycles. The summed E-state index contributed by atoms with van der Waals surface area (Å²) in [5.74, 6) is 0. The number of fused-ring (bicyclic) bond motifs is 2. The molecule has 4 aromatic rings. The van der Waals surface area contributed by atoms with Gasteiger partial charge in [0.05, 0.1) is 21.6 Å². The van der Waals surface area contributed by atoms with Crippen LogP contribution in [0.4, 0.5) is 5.69 Å². The largest absolute Gasteiger partial charge is 0.306 e. The molecule has 0 bridgehead atoms. The van der Waals surface area contributed by atoms with E-state index in [4.69, 9.17) is 0 Å². The number of hydrazine groups is 1. The summed E-state index contributed by atoms with van der Waals surface area (Å²) in [7, 11) is -3.69. The molecule has 0 saturated heterocycles. The van der Waals surface area contributed by atoms with Gasteiger partial charge in [-0.05, 0) is 31.2 Å². The number of nitrogens with one attached hydrogen (secondary N) is 2. The second-order valence-corrected chi connectivity index (χ2v) is 7.75. The van der Waals surface area contributed by atoms with Crippen LogP contribution in [0.3, 0.4) is 0 Å². The highest BCUT2D eigenvalue weighted by molar-refractivity contribution is 7.89. The second kappa shape index (κ2) is 7.52. The van der Waals surface area contributed by atoms with Gasteiger partial charge in [-0.15, -0.1) is 17.2 Å². The van der Waals surface area contributed by atoms with E-state index in [1.54, 1.807) is 24.3 Å². The van der Waals surface area contributed by atoms with Crippen molar-refractivity contribution in [2.45, 2.75) is 11.8 Å². The molecule has 3 aromatic carbocycles. The highest BCUT2D eigenvalue weighted by Gasteiger charge is 2.15. The minimum absolute atomic E-state index is 0. The number of para-hydroxylation sites is 2. The Kier molecular flexibility index (Phi) is 5.32. The van der Waals surface area contributed by atoms with Crippen molar-refractivity contribution < 1.29 is 8.42 Å². The lowest BCUT2D eigenvalue weighted by Gasteiger charge is -2.14. The van der Waals surface area contributed by atoms with Crippen molar-refractivity contribution in [3.8, 4) is 0 Å². The van der Waals surface area contributed by atoms with E-state index in [1.165, 1.54) is 0 Å². The minimum Gasteiger partial charge on any atom is -0.306 e. The van der Waals surface area contributed by atoms with E-state index in [1.807, 2.05) is 55.5 Å². The zero-order chi connectivity index (χ0) is 18.1. The van der Waals surface area contributed by atoms with Crippen molar-refractivity contribution in [3.05, 3.63) is 78.4 Å². The SMILES string of the molecule is Cc1ccc(S(=O)(=O)NNc2c3ccccc3nc3ccccc23)cc1.Cl. The zero-order valence-electron chi connectivity index (χ0n) is 14.5. The molecule has 0 atom stereocenters. The summed E-state index contributed by atoms with van der Waals surface area (Å²) in [6.07, 6.45) is 0. The van der Waals surface area contributed by atoms with Crippen molar-refractivity contribution in [3.63, 3.8) is 0 Å². The first-order valence-corrected chi connectivity index (χ1v) is 9.65. The average Bonchev–Trinajstić information content (AvgIpc) is 2.65. The Balaban J connectivity index is 0.00000210. The van der Waals surface area contributed by atoms with Gasteiger partial charge in [-0.25, -0.2) is 13.4 Å². The van der Waals surface area contributed by atoms with Crippen LogP contribution in [0.1, 0.15) is 5.56 Å². The second-order valence-electron chi connectivity index (χ2n) is 6.06. The first kappa shape index (κ1) is 19.1. The Labute approximate surface area is 163 Å². The Bertz CT molecular complexity index is 1160. The number of halogens is 1. The molecule has 0 unspecified atom stereocenters. The summed E-state index contributed by atoms with van der Waals surface area (Å²) in [4.78, 5) is 7.33. The van der Waals surface area contributed by atoms with Crippen molar-refractivity contribution in [2.75, 3.05) is 5.43 Å². The van der Waals surface area contributed by atoms with E-state index in [2.05, 4.69) is 15.2 Å². The van der Waals surface area contributed by atoms with Gasteiger partial charge >= 0.3 is 0 Å². The lowest BCUT2D eigenvalue weighted by Crippen LogP contribution is -2.29. The van der Waals surface area contributed by atoms with Gasteiger partial charge in [-0.2, -0.15) is 0 Å². The molecule has 7 heteroatoms. The molecule has 0 radical (unpaired) electrons. The van der Waals surface area contributed by atoms with Crippen molar-refractivity contribution in [1.82, 2.24) is 9.82 Å². The third-order valence-electron chi connectivity index (χ3n) is 4.23. The van der Waals surface area contributed by atoms with Crippen LogP contribution >= 0.6 is 12.4 Å². The van der Waals surface area contributed by atoms with Gasteiger partial charge in [-0.3, -0.25) is 0 Å². The van der Waals surface area contributed by atoms with Crippen LogP contribution in [0.5, 0.6) is 0 Å². The normalized spacial score (nSPS) is 11.3. The quantitative estimate of drug-likeness (QED) is 0.393. The summed E-state index contributed by atoms with van der Waals surface area (Å²) in [6, 6.07) is 22.0. The number of anilines is 1. The molecule has 1 heterocycles. The van der Waals surface area contributed by atoms with Gasteiger partial charge in [-0.1, -0.05) is 54.1 Å². The molecule has 138 valence electrons. The Morgan fingerprint density at radius 3 is 1.85 bits per heavy atom. The molecule has 0 spiro atoms. The summed E-state index contributed by atoms with van der Waals surface area (Å²) in [6.45, 7) is 1.91. The fourth-order valence-corrected chi connectivity index (χ4v) is 3.72. The first-order chi connectivity index (χ1) is 12.5. The Morgan fingerprint density at radius 2 is 1.30 bits per heavy atom. The predicted molar refractivity (Wildman–Crippen MR) is 112 cm³/mol. The number of nitrogens with zero attached hydrogens (tertiary/aromatic N) is 1. The molecule has 4 rings (SSSR count). The van der Waals surface area contributed by atoms with Gasteiger partial charge in [0, 0.05) is 10.8 Å². The number of hydrogen-bond acceptors (Lipinski definition) is 4. The smallest absolute Gasteiger partial charge is 0.257 e. The molecule has 2 N–H and O–H groups in total. The van der Waals surface area contributed by atoms with E-state index < -0.39 is 10.0 Å². The van der Waals surface area contributed by atoms with Crippen LogP contribution < -0.4 is 10.3 Å². The molecule has 0 aliphatic heterocycles. The number of aryl methyl sites for hydroxylation is 1. The van der Waals surface area contributed by atoms with Crippen molar-refractivity contribution >= 4 is 49.9 Å². The van der Waals surface area contributed by atoms with E-state index in [9.17, 15) is 8.42 Å². The van der Waals surface area contributed by atoms with Crippen molar-refractivity contribution in [2.24, 2.45) is 0 Å². The molecule has 0 aliphatic rings. The fraction of sp³-hybridized carbons (Fsp3) is 0.0500. The summed E-state index contributed by atoms with van der Waals surface area (Å²) < 4.78 is 25.2. The standard InChI is InChI=1S/C20H17N3O2S.ClH/c1-14-10-12-15(13-11-14)26(24,25)23-22-20-16-6-2-4-8-18(16)21-19-9-5-3-7-17(19)20;/h2-13,23H,1H3,(H,21,22);1H. The molecular weight excluding hydrogens is 382 g/mol. The molecule has 0 saturated carbocycles. The summed E-state index contributed by atoms with van der Waals surface area (Å²) >= 11 is 0. The molecule has 5 nitrogen and oxygen atoms in total. The fourth-order valence-electron chi connectivity index (χ4n) is 2.87. The van der Waals surface area contributed by atoms with Crippen LogP contribution in [0.15, 0.2) is 77.7 Å². The van der Waals surface area contributed by atoms with Crippen LogP contribution in [0.25, 0.3) is 21.8 Å². The van der Waals surface area contributed by atoms with E-state index in [0.29, 0.717) is 5.69 Å². The predicted octanol–water partition coefficient (Wildman–Crippen LogP) is 4.42. The van der Waals surface area contributed by atoms with Crippen LogP contribution in [0, 0.1) is 6.92 Å². The van der Waals surface area contributed by atoms with Crippen molar-refractivity contribution in [1.29, 1.82) is 0 Å². The number of benzene rings is 3. The van der Waals surface area contributed by atoms with Gasteiger partial charge in [0.2, 0.25) is 0 Å². The zero-order valence-corrected chi connectivity index (χ0v) is 16.1. The number of pyridine rings is 1. The number of rotatable bonds is 4. The third kappa shape index (κ3) is 3.73. The molecular formula is C20H18ClN3O2S. The first-order valence-electron chi connectivity index (χ1n) is 8.16. The maximum absolute atomic E-state index is 12.6. The van der Waals surface area contributed by atoms with Crippen LogP contribution in [0.2, 0.25) is 0 Å². The monoisotopic (exact) mass is 399 g/mol.